The summed E-state index contributed by atoms with van der Waals surface area (Å²) in [4.78, 5) is 0. The lowest BCUT2D eigenvalue weighted by molar-refractivity contribution is 1.28. The van der Waals surface area contributed by atoms with Crippen LogP contribution in [0, 0.1) is 25.7 Å². The number of halogens is 1. The van der Waals surface area contributed by atoms with Crippen molar-refractivity contribution in [3.63, 3.8) is 0 Å². The lowest BCUT2D eigenvalue weighted by Crippen LogP contribution is -1.83. The van der Waals surface area contributed by atoms with Crippen LogP contribution in [0.1, 0.15) is 23.1 Å². The molecular formula is C12H13Cl. The second-order valence-corrected chi connectivity index (χ2v) is 3.44. The molecule has 1 heteroatoms. The van der Waals surface area contributed by atoms with E-state index in [-0.39, 0.29) is 0 Å². The fraction of sp³-hybridized carbons (Fsp3) is 0.333. The molecule has 0 nitrogen and oxygen atoms in total. The van der Waals surface area contributed by atoms with Gasteiger partial charge in [0.2, 0.25) is 0 Å². The molecule has 0 spiro atoms. The number of rotatable bonds is 1. The Balaban J connectivity index is 2.89. The molecular weight excluding hydrogens is 180 g/mol. The van der Waals surface area contributed by atoms with E-state index in [1.54, 1.807) is 0 Å². The summed E-state index contributed by atoms with van der Waals surface area (Å²) < 4.78 is 0. The van der Waals surface area contributed by atoms with Gasteiger partial charge in [0.1, 0.15) is 0 Å². The van der Waals surface area contributed by atoms with Crippen LogP contribution in [0.5, 0.6) is 0 Å². The number of hydrogen-bond donors (Lipinski definition) is 0. The van der Waals surface area contributed by atoms with Gasteiger partial charge in [-0.1, -0.05) is 24.0 Å². The van der Waals surface area contributed by atoms with Crippen molar-refractivity contribution < 1.29 is 0 Å². The molecule has 0 saturated carbocycles. The SMILES string of the molecule is Cc1ccc(C)c(C#CCCCl)c1. The summed E-state index contributed by atoms with van der Waals surface area (Å²) in [6.45, 7) is 4.15. The van der Waals surface area contributed by atoms with Gasteiger partial charge >= 0.3 is 0 Å². The molecule has 1 aromatic rings. The molecule has 68 valence electrons. The quantitative estimate of drug-likeness (QED) is 0.473. The van der Waals surface area contributed by atoms with Crippen molar-refractivity contribution in [2.75, 3.05) is 5.88 Å². The average Bonchev–Trinajstić information content (AvgIpc) is 2.11. The van der Waals surface area contributed by atoms with Gasteiger partial charge < -0.3 is 0 Å². The van der Waals surface area contributed by atoms with Crippen molar-refractivity contribution >= 4 is 11.6 Å². The van der Waals surface area contributed by atoms with E-state index in [9.17, 15) is 0 Å². The first kappa shape index (κ1) is 10.2. The number of alkyl halides is 1. The summed E-state index contributed by atoms with van der Waals surface area (Å²) in [7, 11) is 0. The molecule has 1 rings (SSSR count). The minimum absolute atomic E-state index is 0.609. The molecule has 0 saturated heterocycles. The smallest absolute Gasteiger partial charge is 0.0333 e. The van der Waals surface area contributed by atoms with Gasteiger partial charge in [0.25, 0.3) is 0 Å². The zero-order valence-electron chi connectivity index (χ0n) is 8.02. The maximum Gasteiger partial charge on any atom is 0.0333 e. The Labute approximate surface area is 84.9 Å². The van der Waals surface area contributed by atoms with Gasteiger partial charge in [-0.2, -0.15) is 0 Å². The van der Waals surface area contributed by atoms with Crippen molar-refractivity contribution in [2.45, 2.75) is 20.3 Å². The summed E-state index contributed by atoms with van der Waals surface area (Å²) in [5.74, 6) is 6.77. The van der Waals surface area contributed by atoms with Crippen molar-refractivity contribution in [1.29, 1.82) is 0 Å². The maximum absolute atomic E-state index is 5.54. The molecule has 0 atom stereocenters. The molecule has 0 aliphatic rings. The van der Waals surface area contributed by atoms with Gasteiger partial charge in [-0.3, -0.25) is 0 Å². The highest BCUT2D eigenvalue weighted by Crippen LogP contribution is 2.08. The molecule has 13 heavy (non-hydrogen) atoms. The Morgan fingerprint density at radius 1 is 1.31 bits per heavy atom. The predicted molar refractivity (Wildman–Crippen MR) is 58.1 cm³/mol. The molecule has 0 fully saturated rings. The Kier molecular flexibility index (Phi) is 3.86. The van der Waals surface area contributed by atoms with E-state index in [4.69, 9.17) is 11.6 Å². The zero-order valence-corrected chi connectivity index (χ0v) is 8.78. The van der Waals surface area contributed by atoms with E-state index < -0.39 is 0 Å². The molecule has 0 radical (unpaired) electrons. The number of hydrogen-bond acceptors (Lipinski definition) is 0. The largest absolute Gasteiger partial charge is 0.126 e. The van der Waals surface area contributed by atoms with Gasteiger partial charge in [0.15, 0.2) is 0 Å². The third-order valence-corrected chi connectivity index (χ3v) is 2.02. The van der Waals surface area contributed by atoms with Crippen LogP contribution in [0.25, 0.3) is 0 Å². The van der Waals surface area contributed by atoms with Crippen molar-refractivity contribution in [3.05, 3.63) is 34.9 Å². The van der Waals surface area contributed by atoms with Crippen LogP contribution in [0.3, 0.4) is 0 Å². The van der Waals surface area contributed by atoms with Gasteiger partial charge in [0.05, 0.1) is 0 Å². The molecule has 0 unspecified atom stereocenters. The Morgan fingerprint density at radius 2 is 2.08 bits per heavy atom. The standard InChI is InChI=1S/C12H13Cl/c1-10-6-7-11(2)12(9-10)5-3-4-8-13/h6-7,9H,4,8H2,1-2H3. The fourth-order valence-corrected chi connectivity index (χ4v) is 1.17. The van der Waals surface area contributed by atoms with Gasteiger partial charge in [-0.15, -0.1) is 11.6 Å². The highest BCUT2D eigenvalue weighted by atomic mass is 35.5. The molecule has 0 bridgehead atoms. The zero-order chi connectivity index (χ0) is 9.68. The van der Waals surface area contributed by atoms with Crippen molar-refractivity contribution in [3.8, 4) is 11.8 Å². The highest BCUT2D eigenvalue weighted by molar-refractivity contribution is 6.18. The first-order chi connectivity index (χ1) is 6.24. The second-order valence-electron chi connectivity index (χ2n) is 3.06. The summed E-state index contributed by atoms with van der Waals surface area (Å²) >= 11 is 5.54. The van der Waals surface area contributed by atoms with Crippen LogP contribution in [0.2, 0.25) is 0 Å². The van der Waals surface area contributed by atoms with Gasteiger partial charge in [-0.05, 0) is 31.0 Å². The third-order valence-electron chi connectivity index (χ3n) is 1.84. The highest BCUT2D eigenvalue weighted by Gasteiger charge is 1.93. The Hall–Kier alpha value is -0.930. The van der Waals surface area contributed by atoms with Gasteiger partial charge in [-0.25, -0.2) is 0 Å². The van der Waals surface area contributed by atoms with E-state index in [0.29, 0.717) is 5.88 Å². The number of aryl methyl sites for hydroxylation is 2. The van der Waals surface area contributed by atoms with E-state index in [1.165, 1.54) is 11.1 Å². The van der Waals surface area contributed by atoms with E-state index in [0.717, 1.165) is 12.0 Å². The molecule has 0 heterocycles. The fourth-order valence-electron chi connectivity index (χ4n) is 1.08. The average molecular weight is 193 g/mol. The minimum atomic E-state index is 0.609. The molecule has 0 N–H and O–H groups in total. The van der Waals surface area contributed by atoms with Crippen LogP contribution in [-0.4, -0.2) is 5.88 Å². The topological polar surface area (TPSA) is 0 Å². The van der Waals surface area contributed by atoms with Crippen molar-refractivity contribution in [1.82, 2.24) is 0 Å². The maximum atomic E-state index is 5.54. The molecule has 1 aromatic carbocycles. The molecule has 0 amide bonds. The normalized spacial score (nSPS) is 9.15. The van der Waals surface area contributed by atoms with Crippen LogP contribution in [-0.2, 0) is 0 Å². The summed E-state index contributed by atoms with van der Waals surface area (Å²) in [6, 6.07) is 6.30. The van der Waals surface area contributed by atoms with Crippen LogP contribution < -0.4 is 0 Å². The molecule has 0 aliphatic heterocycles. The summed E-state index contributed by atoms with van der Waals surface area (Å²) in [5.41, 5.74) is 3.60. The van der Waals surface area contributed by atoms with Gasteiger partial charge in [0, 0.05) is 17.9 Å². The second kappa shape index (κ2) is 4.94. The van der Waals surface area contributed by atoms with Crippen LogP contribution >= 0.6 is 11.6 Å². The third kappa shape index (κ3) is 3.13. The lowest BCUT2D eigenvalue weighted by atomic mass is 10.1. The Morgan fingerprint density at radius 3 is 2.77 bits per heavy atom. The van der Waals surface area contributed by atoms with E-state index >= 15 is 0 Å². The Bertz CT molecular complexity index is 342. The monoisotopic (exact) mass is 192 g/mol. The summed E-state index contributed by atoms with van der Waals surface area (Å²) in [5, 5.41) is 0. The van der Waals surface area contributed by atoms with E-state index in [1.807, 2.05) is 0 Å². The van der Waals surface area contributed by atoms with Crippen LogP contribution in [0.15, 0.2) is 18.2 Å². The van der Waals surface area contributed by atoms with E-state index in [2.05, 4.69) is 43.9 Å². The first-order valence-corrected chi connectivity index (χ1v) is 4.89. The van der Waals surface area contributed by atoms with Crippen molar-refractivity contribution in [2.24, 2.45) is 0 Å². The molecule has 0 aromatic heterocycles. The number of benzene rings is 1. The minimum Gasteiger partial charge on any atom is -0.126 e. The van der Waals surface area contributed by atoms with Crippen LogP contribution in [0.4, 0.5) is 0 Å². The summed E-state index contributed by atoms with van der Waals surface area (Å²) in [6.07, 6.45) is 0.759. The lowest BCUT2D eigenvalue weighted by Gasteiger charge is -1.98. The first-order valence-electron chi connectivity index (χ1n) is 4.36. The molecule has 0 aliphatic carbocycles. The predicted octanol–water partition coefficient (Wildman–Crippen LogP) is 3.28.